The number of pyridine rings is 1. The van der Waals surface area contributed by atoms with Gasteiger partial charge in [0.2, 0.25) is 5.95 Å². The van der Waals surface area contributed by atoms with Crippen LogP contribution in [0.1, 0.15) is 0 Å². The summed E-state index contributed by atoms with van der Waals surface area (Å²) in [5, 5.41) is 11.9. The summed E-state index contributed by atoms with van der Waals surface area (Å²) in [5.74, 6) is 1.69. The number of hydrogen-bond acceptors (Lipinski definition) is 8. The largest absolute Gasteiger partial charge is 0.395 e. The third kappa shape index (κ3) is 3.85. The minimum atomic E-state index is 0.0229. The lowest BCUT2D eigenvalue weighted by molar-refractivity contribution is 0.122. The highest BCUT2D eigenvalue weighted by Gasteiger charge is 2.13. The van der Waals surface area contributed by atoms with Crippen molar-refractivity contribution in [1.82, 2.24) is 15.0 Å². The van der Waals surface area contributed by atoms with E-state index in [9.17, 15) is 0 Å². The molecule has 4 N–H and O–H groups in total. The maximum atomic E-state index is 8.88. The molecule has 2 aromatic heterocycles. The molecule has 2 aromatic rings. The summed E-state index contributed by atoms with van der Waals surface area (Å²) in [6.07, 6.45) is 1.78. The number of rotatable bonds is 5. The number of nitrogens with two attached hydrogens (primary N) is 1. The Morgan fingerprint density at radius 3 is 2.78 bits per heavy atom. The molecular weight excluding hydrogens is 296 g/mol. The van der Waals surface area contributed by atoms with Crippen LogP contribution in [-0.4, -0.2) is 59.5 Å². The zero-order chi connectivity index (χ0) is 16.1. The Morgan fingerprint density at radius 2 is 2.09 bits per heavy atom. The van der Waals surface area contributed by atoms with Crippen molar-refractivity contribution in [2.24, 2.45) is 0 Å². The van der Waals surface area contributed by atoms with Crippen LogP contribution in [0, 0.1) is 0 Å². The summed E-state index contributed by atoms with van der Waals surface area (Å²) in [5.41, 5.74) is 7.31. The fraction of sp³-hybridized carbons (Fsp3) is 0.400. The second-order valence-electron chi connectivity index (χ2n) is 5.15. The van der Waals surface area contributed by atoms with Gasteiger partial charge in [0.15, 0.2) is 0 Å². The third-order valence-corrected chi connectivity index (χ3v) is 3.54. The van der Waals surface area contributed by atoms with Gasteiger partial charge in [0, 0.05) is 37.5 Å². The zero-order valence-corrected chi connectivity index (χ0v) is 12.8. The number of nitrogens with zero attached hydrogens (tertiary/aromatic N) is 4. The molecule has 8 nitrogen and oxygen atoms in total. The van der Waals surface area contributed by atoms with E-state index in [2.05, 4.69) is 25.2 Å². The standard InChI is InChI=1S/C15H20N6O2/c16-15-19-12(9-13(20-15)17-3-6-22)11-1-2-14(18-10-11)21-4-7-23-8-5-21/h1-2,9-10,22H,3-8H2,(H3,16,17,19,20). The molecule has 0 aliphatic carbocycles. The minimum absolute atomic E-state index is 0.0229. The quantitative estimate of drug-likeness (QED) is 0.725. The molecule has 23 heavy (non-hydrogen) atoms. The third-order valence-electron chi connectivity index (χ3n) is 3.54. The summed E-state index contributed by atoms with van der Waals surface area (Å²) >= 11 is 0. The molecule has 0 bridgehead atoms. The molecule has 122 valence electrons. The average molecular weight is 316 g/mol. The molecule has 3 rings (SSSR count). The van der Waals surface area contributed by atoms with Crippen LogP contribution in [0.3, 0.4) is 0 Å². The summed E-state index contributed by atoms with van der Waals surface area (Å²) in [4.78, 5) is 15.0. The van der Waals surface area contributed by atoms with Gasteiger partial charge in [-0.25, -0.2) is 9.97 Å². The maximum Gasteiger partial charge on any atom is 0.222 e. The number of ether oxygens (including phenoxy) is 1. The van der Waals surface area contributed by atoms with E-state index in [0.717, 1.165) is 37.7 Å². The van der Waals surface area contributed by atoms with E-state index in [1.54, 1.807) is 12.3 Å². The Morgan fingerprint density at radius 1 is 1.26 bits per heavy atom. The van der Waals surface area contributed by atoms with Crippen LogP contribution < -0.4 is 16.0 Å². The van der Waals surface area contributed by atoms with Gasteiger partial charge in [-0.15, -0.1) is 0 Å². The fourth-order valence-corrected chi connectivity index (χ4v) is 2.41. The Hall–Kier alpha value is -2.45. The molecule has 0 saturated carbocycles. The van der Waals surface area contributed by atoms with Crippen molar-refractivity contribution in [2.45, 2.75) is 0 Å². The topological polar surface area (TPSA) is 109 Å². The van der Waals surface area contributed by atoms with Crippen LogP contribution in [0.5, 0.6) is 0 Å². The monoisotopic (exact) mass is 316 g/mol. The van der Waals surface area contributed by atoms with Gasteiger partial charge in [0.05, 0.1) is 25.5 Å². The van der Waals surface area contributed by atoms with Gasteiger partial charge in [-0.2, -0.15) is 4.98 Å². The van der Waals surface area contributed by atoms with Crippen molar-refractivity contribution in [3.8, 4) is 11.3 Å². The minimum Gasteiger partial charge on any atom is -0.395 e. The normalized spacial score (nSPS) is 14.7. The van der Waals surface area contributed by atoms with E-state index in [4.69, 9.17) is 15.6 Å². The van der Waals surface area contributed by atoms with E-state index in [0.29, 0.717) is 18.1 Å². The highest BCUT2D eigenvalue weighted by Crippen LogP contribution is 2.22. The van der Waals surface area contributed by atoms with Gasteiger partial charge in [-0.3, -0.25) is 0 Å². The molecule has 0 unspecified atom stereocenters. The fourth-order valence-electron chi connectivity index (χ4n) is 2.41. The Kier molecular flexibility index (Phi) is 4.84. The zero-order valence-electron chi connectivity index (χ0n) is 12.8. The van der Waals surface area contributed by atoms with E-state index in [1.165, 1.54) is 0 Å². The molecule has 1 fully saturated rings. The lowest BCUT2D eigenvalue weighted by Crippen LogP contribution is -2.36. The summed E-state index contributed by atoms with van der Waals surface area (Å²) in [7, 11) is 0. The molecule has 0 aromatic carbocycles. The van der Waals surface area contributed by atoms with Crippen LogP contribution in [-0.2, 0) is 4.74 Å². The number of nitrogens with one attached hydrogen (secondary N) is 1. The van der Waals surface area contributed by atoms with Gasteiger partial charge < -0.3 is 25.8 Å². The number of hydrogen-bond donors (Lipinski definition) is 3. The second-order valence-corrected chi connectivity index (χ2v) is 5.15. The van der Waals surface area contributed by atoms with Crippen LogP contribution in [0.25, 0.3) is 11.3 Å². The number of aliphatic hydroxyl groups is 1. The molecule has 3 heterocycles. The number of nitrogen functional groups attached to an aromatic ring is 1. The van der Waals surface area contributed by atoms with Crippen molar-refractivity contribution in [3.05, 3.63) is 24.4 Å². The first kappa shape index (κ1) is 15.4. The summed E-state index contributed by atoms with van der Waals surface area (Å²) < 4.78 is 5.35. The van der Waals surface area contributed by atoms with Gasteiger partial charge >= 0.3 is 0 Å². The number of aliphatic hydroxyl groups excluding tert-OH is 1. The first-order valence-corrected chi connectivity index (χ1v) is 7.54. The average Bonchev–Trinajstić information content (AvgIpc) is 2.60. The Bertz CT molecular complexity index is 643. The Labute approximate surface area is 134 Å². The van der Waals surface area contributed by atoms with Gasteiger partial charge in [-0.05, 0) is 12.1 Å². The predicted molar refractivity (Wildman–Crippen MR) is 88.3 cm³/mol. The molecule has 8 heteroatoms. The van der Waals surface area contributed by atoms with Gasteiger partial charge in [0.1, 0.15) is 11.6 Å². The molecule has 0 amide bonds. The Balaban J connectivity index is 1.79. The molecule has 1 saturated heterocycles. The van der Waals surface area contributed by atoms with Crippen molar-refractivity contribution < 1.29 is 9.84 Å². The SMILES string of the molecule is Nc1nc(NCCO)cc(-c2ccc(N3CCOCC3)nc2)n1. The lowest BCUT2D eigenvalue weighted by atomic mass is 10.2. The predicted octanol–water partition coefficient (Wildman–Crippen LogP) is 0.362. The van der Waals surface area contributed by atoms with Crippen molar-refractivity contribution >= 4 is 17.6 Å². The first-order valence-electron chi connectivity index (χ1n) is 7.54. The molecule has 0 atom stereocenters. The van der Waals surface area contributed by atoms with E-state index in [1.807, 2.05) is 12.1 Å². The number of aromatic nitrogens is 3. The molecule has 1 aliphatic heterocycles. The van der Waals surface area contributed by atoms with Gasteiger partial charge in [0.25, 0.3) is 0 Å². The highest BCUT2D eigenvalue weighted by molar-refractivity contribution is 5.64. The lowest BCUT2D eigenvalue weighted by Gasteiger charge is -2.27. The number of morpholine rings is 1. The number of anilines is 3. The summed E-state index contributed by atoms with van der Waals surface area (Å²) in [6.45, 7) is 3.58. The van der Waals surface area contributed by atoms with Gasteiger partial charge in [-0.1, -0.05) is 0 Å². The first-order chi connectivity index (χ1) is 11.3. The van der Waals surface area contributed by atoms with Crippen molar-refractivity contribution in [2.75, 3.05) is 55.4 Å². The smallest absolute Gasteiger partial charge is 0.222 e. The highest BCUT2D eigenvalue weighted by atomic mass is 16.5. The van der Waals surface area contributed by atoms with Crippen molar-refractivity contribution in [1.29, 1.82) is 0 Å². The van der Waals surface area contributed by atoms with E-state index in [-0.39, 0.29) is 12.6 Å². The molecular formula is C15H20N6O2. The van der Waals surface area contributed by atoms with E-state index >= 15 is 0 Å². The molecule has 0 spiro atoms. The summed E-state index contributed by atoms with van der Waals surface area (Å²) in [6, 6.07) is 5.73. The molecule has 1 aliphatic rings. The van der Waals surface area contributed by atoms with Crippen LogP contribution in [0.4, 0.5) is 17.6 Å². The maximum absolute atomic E-state index is 8.88. The second kappa shape index (κ2) is 7.21. The van der Waals surface area contributed by atoms with E-state index < -0.39 is 0 Å². The van der Waals surface area contributed by atoms with Crippen LogP contribution in [0.2, 0.25) is 0 Å². The van der Waals surface area contributed by atoms with Crippen LogP contribution in [0.15, 0.2) is 24.4 Å². The molecule has 0 radical (unpaired) electrons. The van der Waals surface area contributed by atoms with Crippen LogP contribution >= 0.6 is 0 Å². The van der Waals surface area contributed by atoms with Crippen molar-refractivity contribution in [3.63, 3.8) is 0 Å².